The van der Waals surface area contributed by atoms with Crippen LogP contribution >= 0.6 is 0 Å². The van der Waals surface area contributed by atoms with Gasteiger partial charge < -0.3 is 21.6 Å². The van der Waals surface area contributed by atoms with Crippen LogP contribution in [0, 0.1) is 26.9 Å². The van der Waals surface area contributed by atoms with Crippen LogP contribution in [0.1, 0.15) is 17.0 Å². The molecule has 0 fully saturated rings. The van der Waals surface area contributed by atoms with E-state index in [1.165, 1.54) is 18.2 Å². The molecular weight excluding hydrogens is 358 g/mol. The minimum atomic E-state index is -0.824. The van der Waals surface area contributed by atoms with Crippen molar-refractivity contribution in [3.05, 3.63) is 98.8 Å². The number of nitro groups is 1. The van der Waals surface area contributed by atoms with E-state index >= 15 is 0 Å². The molecule has 8 heteroatoms. The van der Waals surface area contributed by atoms with Gasteiger partial charge in [0.15, 0.2) is 5.88 Å². The highest BCUT2D eigenvalue weighted by molar-refractivity contribution is 6.02. The van der Waals surface area contributed by atoms with Crippen molar-refractivity contribution in [2.45, 2.75) is 12.3 Å². The van der Waals surface area contributed by atoms with Gasteiger partial charge in [0.25, 0.3) is 5.69 Å². The number of benzene rings is 2. The summed E-state index contributed by atoms with van der Waals surface area (Å²) in [6.07, 6.45) is 0.254. The summed E-state index contributed by atoms with van der Waals surface area (Å²) in [4.78, 5) is 10.6. The van der Waals surface area contributed by atoms with Crippen molar-refractivity contribution >= 4 is 11.4 Å². The van der Waals surface area contributed by atoms with Crippen molar-refractivity contribution in [2.75, 3.05) is 0 Å². The number of nitro benzene ring substituents is 1. The van der Waals surface area contributed by atoms with Gasteiger partial charge in [0.1, 0.15) is 11.6 Å². The van der Waals surface area contributed by atoms with Crippen LogP contribution in [0.3, 0.4) is 0 Å². The SMILES string of the molecule is N#CC1=C(N)OC(N)=C(C(=N)Cc2ccccc2)C1c1cccc([N+](=O)[O-])c1. The summed E-state index contributed by atoms with van der Waals surface area (Å²) in [5.74, 6) is -1.09. The molecule has 0 saturated carbocycles. The van der Waals surface area contributed by atoms with E-state index < -0.39 is 10.8 Å². The lowest BCUT2D eigenvalue weighted by atomic mass is 9.80. The number of nitrogens with two attached hydrogens (primary N) is 2. The van der Waals surface area contributed by atoms with Crippen LogP contribution in [0.25, 0.3) is 0 Å². The van der Waals surface area contributed by atoms with E-state index in [4.69, 9.17) is 21.6 Å². The predicted octanol–water partition coefficient (Wildman–Crippen LogP) is 2.84. The minimum absolute atomic E-state index is 0.0579. The molecule has 5 N–H and O–H groups in total. The van der Waals surface area contributed by atoms with Gasteiger partial charge in [-0.25, -0.2) is 0 Å². The largest absolute Gasteiger partial charge is 0.424 e. The van der Waals surface area contributed by atoms with Crippen LogP contribution in [-0.4, -0.2) is 10.6 Å². The standard InChI is InChI=1S/C20H17N5O3/c21-11-15-17(13-7-4-8-14(10-13)25(26)27)18(20(24)28-19(15)23)16(22)9-12-5-2-1-3-6-12/h1-8,10,17,22H,9,23-24H2. The maximum atomic E-state index is 11.2. The predicted molar refractivity (Wildman–Crippen MR) is 103 cm³/mol. The van der Waals surface area contributed by atoms with Crippen LogP contribution < -0.4 is 11.5 Å². The summed E-state index contributed by atoms with van der Waals surface area (Å²) in [5.41, 5.74) is 13.5. The number of rotatable bonds is 5. The third-order valence-electron chi connectivity index (χ3n) is 4.41. The Morgan fingerprint density at radius 3 is 2.54 bits per heavy atom. The molecule has 140 valence electrons. The first-order valence-corrected chi connectivity index (χ1v) is 8.35. The monoisotopic (exact) mass is 375 g/mol. The van der Waals surface area contributed by atoms with Gasteiger partial charge in [0, 0.05) is 29.8 Å². The zero-order valence-electron chi connectivity index (χ0n) is 14.8. The number of nitriles is 1. The molecule has 1 aliphatic heterocycles. The number of ether oxygens (including phenoxy) is 1. The highest BCUT2D eigenvalue weighted by Gasteiger charge is 2.35. The highest BCUT2D eigenvalue weighted by atomic mass is 16.6. The molecule has 0 aliphatic carbocycles. The molecule has 0 spiro atoms. The Hall–Kier alpha value is -4.12. The summed E-state index contributed by atoms with van der Waals surface area (Å²) in [6.45, 7) is 0. The fourth-order valence-corrected chi connectivity index (χ4v) is 3.15. The second kappa shape index (κ2) is 7.63. The van der Waals surface area contributed by atoms with Crippen LogP contribution in [0.15, 0.2) is 77.5 Å². The molecule has 0 amide bonds. The molecule has 2 aromatic rings. The Kier molecular flexibility index (Phi) is 5.09. The van der Waals surface area contributed by atoms with Crippen LogP contribution in [0.2, 0.25) is 0 Å². The molecule has 1 atom stereocenters. The van der Waals surface area contributed by atoms with Crippen LogP contribution in [0.4, 0.5) is 5.69 Å². The molecule has 1 unspecified atom stereocenters. The second-order valence-corrected chi connectivity index (χ2v) is 6.20. The van der Waals surface area contributed by atoms with Gasteiger partial charge in [-0.2, -0.15) is 5.26 Å². The lowest BCUT2D eigenvalue weighted by Gasteiger charge is -2.28. The molecular formula is C20H17N5O3. The number of hydrogen-bond donors (Lipinski definition) is 3. The van der Waals surface area contributed by atoms with Crippen molar-refractivity contribution in [1.29, 1.82) is 10.7 Å². The summed E-state index contributed by atoms with van der Waals surface area (Å²) >= 11 is 0. The zero-order valence-corrected chi connectivity index (χ0v) is 14.8. The van der Waals surface area contributed by atoms with E-state index in [2.05, 4.69) is 0 Å². The third-order valence-corrected chi connectivity index (χ3v) is 4.41. The Morgan fingerprint density at radius 1 is 1.18 bits per heavy atom. The number of hydrogen-bond acceptors (Lipinski definition) is 7. The van der Waals surface area contributed by atoms with Crippen molar-refractivity contribution in [1.82, 2.24) is 0 Å². The maximum Gasteiger partial charge on any atom is 0.269 e. The van der Waals surface area contributed by atoms with Gasteiger partial charge in [0.05, 0.1) is 10.8 Å². The molecule has 0 aromatic heterocycles. The van der Waals surface area contributed by atoms with E-state index in [-0.39, 0.29) is 40.7 Å². The quantitative estimate of drug-likeness (QED) is 0.415. The average Bonchev–Trinajstić information content (AvgIpc) is 2.68. The van der Waals surface area contributed by atoms with Gasteiger partial charge >= 0.3 is 0 Å². The molecule has 8 nitrogen and oxygen atoms in total. The molecule has 1 aliphatic rings. The lowest BCUT2D eigenvalue weighted by Crippen LogP contribution is -2.28. The molecule has 0 bridgehead atoms. The number of non-ortho nitro benzene ring substituents is 1. The number of allylic oxidation sites excluding steroid dienone is 2. The van der Waals surface area contributed by atoms with E-state index in [9.17, 15) is 15.4 Å². The summed E-state index contributed by atoms with van der Waals surface area (Å²) in [7, 11) is 0. The van der Waals surface area contributed by atoms with Gasteiger partial charge in [-0.3, -0.25) is 10.1 Å². The van der Waals surface area contributed by atoms with Gasteiger partial charge in [-0.05, 0) is 11.1 Å². The molecule has 1 heterocycles. The summed E-state index contributed by atoms with van der Waals surface area (Å²) < 4.78 is 5.31. The first-order valence-electron chi connectivity index (χ1n) is 8.35. The van der Waals surface area contributed by atoms with Crippen LogP contribution in [-0.2, 0) is 11.2 Å². The average molecular weight is 375 g/mol. The first-order chi connectivity index (χ1) is 13.4. The van der Waals surface area contributed by atoms with Crippen molar-refractivity contribution in [2.24, 2.45) is 11.5 Å². The summed E-state index contributed by atoms with van der Waals surface area (Å²) in [6, 6.07) is 17.2. The summed E-state index contributed by atoms with van der Waals surface area (Å²) in [5, 5.41) is 29.4. The van der Waals surface area contributed by atoms with E-state index in [0.717, 1.165) is 5.56 Å². The smallest absolute Gasteiger partial charge is 0.269 e. The third kappa shape index (κ3) is 3.54. The first kappa shape index (κ1) is 18.7. The van der Waals surface area contributed by atoms with E-state index in [1.54, 1.807) is 6.07 Å². The van der Waals surface area contributed by atoms with Crippen LogP contribution in [0.5, 0.6) is 0 Å². The van der Waals surface area contributed by atoms with E-state index in [0.29, 0.717) is 5.56 Å². The van der Waals surface area contributed by atoms with Crippen molar-refractivity contribution < 1.29 is 9.66 Å². The molecule has 28 heavy (non-hydrogen) atoms. The fourth-order valence-electron chi connectivity index (χ4n) is 3.15. The maximum absolute atomic E-state index is 11.2. The normalized spacial score (nSPS) is 16.3. The Labute approximate surface area is 161 Å². The molecule has 0 saturated heterocycles. The van der Waals surface area contributed by atoms with Crippen molar-refractivity contribution in [3.8, 4) is 6.07 Å². The Bertz CT molecular complexity index is 1050. The van der Waals surface area contributed by atoms with Crippen molar-refractivity contribution in [3.63, 3.8) is 0 Å². The molecule has 2 aromatic carbocycles. The Morgan fingerprint density at radius 2 is 1.89 bits per heavy atom. The second-order valence-electron chi connectivity index (χ2n) is 6.20. The zero-order chi connectivity index (χ0) is 20.3. The van der Waals surface area contributed by atoms with Gasteiger partial charge in [-0.1, -0.05) is 42.5 Å². The van der Waals surface area contributed by atoms with Gasteiger partial charge in [0.2, 0.25) is 5.88 Å². The minimum Gasteiger partial charge on any atom is -0.424 e. The molecule has 0 radical (unpaired) electrons. The fraction of sp³-hybridized carbons (Fsp3) is 0.100. The number of nitrogens with zero attached hydrogens (tertiary/aromatic N) is 2. The topological polar surface area (TPSA) is 152 Å². The van der Waals surface area contributed by atoms with Gasteiger partial charge in [-0.15, -0.1) is 0 Å². The lowest BCUT2D eigenvalue weighted by molar-refractivity contribution is -0.384. The number of nitrogens with one attached hydrogen (secondary N) is 1. The van der Waals surface area contributed by atoms with E-state index in [1.807, 2.05) is 36.4 Å². The molecule has 3 rings (SSSR count). The Balaban J connectivity index is 2.09. The highest BCUT2D eigenvalue weighted by Crippen LogP contribution is 2.39.